The van der Waals surface area contributed by atoms with Gasteiger partial charge in [0.1, 0.15) is 11.9 Å². The molecule has 1 saturated carbocycles. The Hall–Kier alpha value is -2.43. The van der Waals surface area contributed by atoms with Crippen LogP contribution in [0.4, 0.5) is 4.39 Å². The van der Waals surface area contributed by atoms with Gasteiger partial charge in [0.25, 0.3) is 0 Å². The number of benzene rings is 1. The van der Waals surface area contributed by atoms with E-state index in [1.54, 1.807) is 0 Å². The molecule has 4 aliphatic rings. The first kappa shape index (κ1) is 23.3. The van der Waals surface area contributed by atoms with Crippen LogP contribution in [0.3, 0.4) is 0 Å². The second-order valence-electron chi connectivity index (χ2n) is 10.6. The highest BCUT2D eigenvalue weighted by atomic mass is 19.1. The van der Waals surface area contributed by atoms with Crippen LogP contribution in [-0.4, -0.2) is 64.4 Å². The number of carbonyl (C=O) groups is 1. The molecule has 1 amide bonds. The highest BCUT2D eigenvalue weighted by Crippen LogP contribution is 2.45. The molecule has 6 nitrogen and oxygen atoms in total. The lowest BCUT2D eigenvalue weighted by Gasteiger charge is -2.44. The Kier molecular flexibility index (Phi) is 6.63. The fourth-order valence-corrected chi connectivity index (χ4v) is 6.84. The molecule has 2 N–H and O–H groups in total. The van der Waals surface area contributed by atoms with E-state index in [4.69, 9.17) is 5.73 Å². The Morgan fingerprint density at radius 3 is 2.59 bits per heavy atom. The van der Waals surface area contributed by atoms with Crippen LogP contribution in [0.15, 0.2) is 36.5 Å². The van der Waals surface area contributed by atoms with Crippen LogP contribution in [0.1, 0.15) is 63.0 Å². The van der Waals surface area contributed by atoms with Crippen molar-refractivity contribution < 1.29 is 9.18 Å². The summed E-state index contributed by atoms with van der Waals surface area (Å²) in [6, 6.07) is 8.74. The molecule has 182 valence electrons. The highest BCUT2D eigenvalue weighted by Gasteiger charge is 2.53. The van der Waals surface area contributed by atoms with Crippen molar-refractivity contribution in [3.05, 3.63) is 47.9 Å². The lowest BCUT2D eigenvalue weighted by Crippen LogP contribution is -2.55. The molecule has 0 radical (unpaired) electrons. The van der Waals surface area contributed by atoms with Gasteiger partial charge < -0.3 is 15.5 Å². The molecule has 3 unspecified atom stereocenters. The van der Waals surface area contributed by atoms with Crippen LogP contribution in [0, 0.1) is 23.1 Å². The van der Waals surface area contributed by atoms with Gasteiger partial charge in [-0.1, -0.05) is 38.0 Å². The standard InChI is InChI=1S/C27H36FN5O/c1-18(32-13-5-8-22(32)15-29)24(30)17-31-16-23-14-25(31)27(34)33(23)26(19-6-3-2-4-7-19)20-9-11-21(28)12-10-20/h9-12,19,22-26H,1-8,13-14,16-17,30H2/t22?,23-,24?,25?,26-/m0/s1. The number of piperazine rings is 1. The number of nitrogens with zero attached hydrogens (tertiary/aromatic N) is 4. The minimum absolute atomic E-state index is 0.0233. The topological polar surface area (TPSA) is 76.6 Å². The van der Waals surface area contributed by atoms with Gasteiger partial charge in [0.15, 0.2) is 0 Å². The van der Waals surface area contributed by atoms with Crippen LogP contribution in [-0.2, 0) is 4.79 Å². The van der Waals surface area contributed by atoms with E-state index in [2.05, 4.69) is 22.4 Å². The number of rotatable bonds is 7. The van der Waals surface area contributed by atoms with E-state index in [1.807, 2.05) is 17.0 Å². The maximum Gasteiger partial charge on any atom is 0.240 e. The van der Waals surface area contributed by atoms with Crippen molar-refractivity contribution in [1.29, 1.82) is 5.26 Å². The molecule has 7 heteroatoms. The van der Waals surface area contributed by atoms with Crippen molar-refractivity contribution in [2.75, 3.05) is 19.6 Å². The highest BCUT2D eigenvalue weighted by molar-refractivity contribution is 5.86. The average Bonchev–Trinajstić information content (AvgIpc) is 3.56. The molecule has 5 rings (SSSR count). The van der Waals surface area contributed by atoms with Crippen molar-refractivity contribution in [1.82, 2.24) is 14.7 Å². The number of likely N-dealkylation sites (tertiary alicyclic amines) is 3. The Morgan fingerprint density at radius 2 is 1.91 bits per heavy atom. The molecule has 0 spiro atoms. The van der Waals surface area contributed by atoms with Crippen molar-refractivity contribution in [2.24, 2.45) is 11.7 Å². The Bertz CT molecular complexity index is 953. The van der Waals surface area contributed by atoms with Gasteiger partial charge in [-0.15, -0.1) is 0 Å². The van der Waals surface area contributed by atoms with Gasteiger partial charge >= 0.3 is 0 Å². The molecular weight excluding hydrogens is 429 g/mol. The van der Waals surface area contributed by atoms with Crippen molar-refractivity contribution in [3.63, 3.8) is 0 Å². The number of fused-ring (bicyclic) bond motifs is 2. The summed E-state index contributed by atoms with van der Waals surface area (Å²) in [5.74, 6) is 0.374. The first-order valence-corrected chi connectivity index (χ1v) is 12.9. The van der Waals surface area contributed by atoms with Crippen LogP contribution >= 0.6 is 0 Å². The lowest BCUT2D eigenvalue weighted by atomic mass is 9.80. The third-order valence-corrected chi connectivity index (χ3v) is 8.55. The zero-order chi connectivity index (χ0) is 23.8. The summed E-state index contributed by atoms with van der Waals surface area (Å²) in [7, 11) is 0. The molecule has 1 aromatic carbocycles. The third-order valence-electron chi connectivity index (χ3n) is 8.55. The molecule has 4 fully saturated rings. The van der Waals surface area contributed by atoms with E-state index in [9.17, 15) is 14.4 Å². The van der Waals surface area contributed by atoms with E-state index in [-0.39, 0.29) is 41.9 Å². The fraction of sp³-hybridized carbons (Fsp3) is 0.630. The number of nitriles is 1. The fourth-order valence-electron chi connectivity index (χ4n) is 6.84. The average molecular weight is 466 g/mol. The molecular formula is C27H36FN5O. The maximum absolute atomic E-state index is 13.7. The predicted octanol–water partition coefficient (Wildman–Crippen LogP) is 3.56. The van der Waals surface area contributed by atoms with E-state index in [0.717, 1.165) is 56.5 Å². The molecule has 3 aliphatic heterocycles. The molecule has 1 aromatic rings. The molecule has 5 atom stereocenters. The first-order valence-electron chi connectivity index (χ1n) is 12.9. The molecule has 34 heavy (non-hydrogen) atoms. The minimum Gasteiger partial charge on any atom is -0.358 e. The molecule has 3 heterocycles. The summed E-state index contributed by atoms with van der Waals surface area (Å²) in [4.78, 5) is 20.1. The quantitative estimate of drug-likeness (QED) is 0.666. The Balaban J connectivity index is 1.30. The van der Waals surface area contributed by atoms with Gasteiger partial charge in [-0.3, -0.25) is 9.69 Å². The van der Waals surface area contributed by atoms with Crippen LogP contribution < -0.4 is 5.73 Å². The van der Waals surface area contributed by atoms with Crippen LogP contribution in [0.2, 0.25) is 0 Å². The van der Waals surface area contributed by atoms with E-state index in [0.29, 0.717) is 12.5 Å². The lowest BCUT2D eigenvalue weighted by molar-refractivity contribution is -0.141. The molecule has 0 aromatic heterocycles. The van der Waals surface area contributed by atoms with Gasteiger partial charge in [0.2, 0.25) is 5.91 Å². The van der Waals surface area contributed by atoms with E-state index in [1.165, 1.54) is 31.4 Å². The zero-order valence-electron chi connectivity index (χ0n) is 19.9. The first-order chi connectivity index (χ1) is 16.5. The van der Waals surface area contributed by atoms with Gasteiger partial charge in [-0.05, 0) is 55.7 Å². The van der Waals surface area contributed by atoms with Crippen molar-refractivity contribution in [2.45, 2.75) is 81.6 Å². The predicted molar refractivity (Wildman–Crippen MR) is 129 cm³/mol. The number of carbonyl (C=O) groups excluding carboxylic acids is 1. The summed E-state index contributed by atoms with van der Waals surface area (Å²) in [6.07, 6.45) is 8.55. The van der Waals surface area contributed by atoms with Gasteiger partial charge in [0, 0.05) is 31.4 Å². The summed E-state index contributed by atoms with van der Waals surface area (Å²) < 4.78 is 13.7. The Morgan fingerprint density at radius 1 is 1.18 bits per heavy atom. The van der Waals surface area contributed by atoms with Crippen molar-refractivity contribution in [3.8, 4) is 6.07 Å². The van der Waals surface area contributed by atoms with E-state index < -0.39 is 0 Å². The summed E-state index contributed by atoms with van der Waals surface area (Å²) in [5, 5.41) is 9.41. The second kappa shape index (κ2) is 9.67. The number of hydrogen-bond acceptors (Lipinski definition) is 5. The summed E-state index contributed by atoms with van der Waals surface area (Å²) in [5.41, 5.74) is 8.40. The molecule has 3 saturated heterocycles. The SMILES string of the molecule is C=C(C(N)CN1C[C@@H]2CC1C(=O)N2[C@H](c1ccc(F)cc1)C1CCCCC1)N1CCCC1C#N. The number of halogens is 1. The molecule has 2 bridgehead atoms. The minimum atomic E-state index is -0.291. The van der Waals surface area contributed by atoms with E-state index >= 15 is 0 Å². The second-order valence-corrected chi connectivity index (χ2v) is 10.6. The smallest absolute Gasteiger partial charge is 0.240 e. The largest absolute Gasteiger partial charge is 0.358 e. The maximum atomic E-state index is 13.7. The third kappa shape index (κ3) is 4.23. The number of amides is 1. The molecule has 1 aliphatic carbocycles. The number of nitrogens with two attached hydrogens (primary N) is 1. The van der Waals surface area contributed by atoms with Gasteiger partial charge in [-0.25, -0.2) is 4.39 Å². The summed E-state index contributed by atoms with van der Waals surface area (Å²) >= 11 is 0. The number of hydrogen-bond donors (Lipinski definition) is 1. The zero-order valence-corrected chi connectivity index (χ0v) is 19.9. The van der Waals surface area contributed by atoms with Crippen LogP contribution in [0.5, 0.6) is 0 Å². The summed E-state index contributed by atoms with van der Waals surface area (Å²) in [6.45, 7) is 6.42. The monoisotopic (exact) mass is 465 g/mol. The van der Waals surface area contributed by atoms with Gasteiger partial charge in [0.05, 0.1) is 24.2 Å². The van der Waals surface area contributed by atoms with Crippen LogP contribution in [0.25, 0.3) is 0 Å². The van der Waals surface area contributed by atoms with Gasteiger partial charge in [-0.2, -0.15) is 5.26 Å². The Labute approximate surface area is 202 Å². The normalized spacial score (nSPS) is 29.4. The van der Waals surface area contributed by atoms with Crippen molar-refractivity contribution >= 4 is 5.91 Å².